The van der Waals surface area contributed by atoms with Crippen molar-refractivity contribution < 1.29 is 9.52 Å². The van der Waals surface area contributed by atoms with E-state index in [4.69, 9.17) is 9.52 Å². The number of nitrogens with one attached hydrogen (secondary N) is 1. The molecule has 2 N–H and O–H groups in total. The quantitative estimate of drug-likeness (QED) is 0.650. The number of aromatic nitrogens is 1. The molecule has 0 radical (unpaired) electrons. The van der Waals surface area contributed by atoms with E-state index in [0.717, 1.165) is 0 Å². The number of benzene rings is 1. The van der Waals surface area contributed by atoms with Crippen molar-refractivity contribution in [2.24, 2.45) is 0 Å². The molecule has 0 atom stereocenters. The van der Waals surface area contributed by atoms with Gasteiger partial charge in [0.25, 0.3) is 0 Å². The van der Waals surface area contributed by atoms with Crippen LogP contribution in [-0.4, -0.2) is 10.1 Å². The van der Waals surface area contributed by atoms with Gasteiger partial charge in [0.05, 0.1) is 12.1 Å². The second-order valence-corrected chi connectivity index (χ2v) is 2.47. The molecule has 0 unspecified atom stereocenters. The Morgan fingerprint density at radius 2 is 2.33 bits per heavy atom. The summed E-state index contributed by atoms with van der Waals surface area (Å²) in [6.07, 6.45) is 0. The Morgan fingerprint density at radius 1 is 1.50 bits per heavy atom. The van der Waals surface area contributed by atoms with E-state index in [9.17, 15) is 4.79 Å². The highest BCUT2D eigenvalue weighted by molar-refractivity contribution is 5.75. The molecule has 0 amide bonds. The average Bonchev–Trinajstić information content (AvgIpc) is 2.44. The molecule has 1 heterocycles. The number of aliphatic hydroxyl groups is 1. The first-order valence-electron chi connectivity index (χ1n) is 3.53. The average molecular weight is 165 g/mol. The topological polar surface area (TPSA) is 66.2 Å². The van der Waals surface area contributed by atoms with Crippen LogP contribution < -0.4 is 5.76 Å². The van der Waals surface area contributed by atoms with Crippen molar-refractivity contribution in [3.05, 3.63) is 34.3 Å². The lowest BCUT2D eigenvalue weighted by molar-refractivity contribution is 0.281. The van der Waals surface area contributed by atoms with E-state index in [0.29, 0.717) is 16.7 Å². The number of rotatable bonds is 1. The minimum absolute atomic E-state index is 0.127. The van der Waals surface area contributed by atoms with Gasteiger partial charge in [-0.25, -0.2) is 4.79 Å². The molecule has 1 aromatic heterocycles. The van der Waals surface area contributed by atoms with E-state index < -0.39 is 5.76 Å². The van der Waals surface area contributed by atoms with E-state index in [2.05, 4.69) is 4.98 Å². The molecule has 2 rings (SSSR count). The van der Waals surface area contributed by atoms with Crippen molar-refractivity contribution >= 4 is 11.1 Å². The smallest absolute Gasteiger partial charge is 0.407 e. The second kappa shape index (κ2) is 2.49. The van der Waals surface area contributed by atoms with E-state index in [1.165, 1.54) is 0 Å². The van der Waals surface area contributed by atoms with Gasteiger partial charge in [-0.05, 0) is 6.07 Å². The number of para-hydroxylation sites is 1. The summed E-state index contributed by atoms with van der Waals surface area (Å²) in [5.41, 5.74) is 1.67. The number of hydrogen-bond donors (Lipinski definition) is 2. The highest BCUT2D eigenvalue weighted by Gasteiger charge is 2.04. The molecular weight excluding hydrogens is 158 g/mol. The number of aromatic amines is 1. The molecule has 0 bridgehead atoms. The van der Waals surface area contributed by atoms with Gasteiger partial charge in [0, 0.05) is 5.56 Å². The molecule has 1 aromatic carbocycles. The van der Waals surface area contributed by atoms with Crippen LogP contribution >= 0.6 is 0 Å². The molecule has 0 saturated carbocycles. The van der Waals surface area contributed by atoms with Gasteiger partial charge < -0.3 is 9.52 Å². The predicted molar refractivity (Wildman–Crippen MR) is 42.8 cm³/mol. The van der Waals surface area contributed by atoms with Gasteiger partial charge in [-0.1, -0.05) is 12.1 Å². The Balaban J connectivity index is 2.87. The van der Waals surface area contributed by atoms with Gasteiger partial charge in [0.15, 0.2) is 5.58 Å². The van der Waals surface area contributed by atoms with E-state index in [-0.39, 0.29) is 6.61 Å². The lowest BCUT2D eigenvalue weighted by atomic mass is 10.2. The van der Waals surface area contributed by atoms with Crippen LogP contribution in [0.4, 0.5) is 0 Å². The summed E-state index contributed by atoms with van der Waals surface area (Å²) >= 11 is 0. The van der Waals surface area contributed by atoms with Crippen molar-refractivity contribution in [3.8, 4) is 0 Å². The Kier molecular flexibility index (Phi) is 1.48. The van der Waals surface area contributed by atoms with Crippen LogP contribution in [0.25, 0.3) is 11.1 Å². The molecule has 0 aliphatic rings. The van der Waals surface area contributed by atoms with Crippen LogP contribution in [0.2, 0.25) is 0 Å². The predicted octanol–water partition coefficient (Wildman–Crippen LogP) is 0.613. The molecule has 4 heteroatoms. The minimum atomic E-state index is -0.495. The molecule has 0 fully saturated rings. The van der Waals surface area contributed by atoms with Crippen LogP contribution in [0, 0.1) is 0 Å². The Bertz CT molecular complexity index is 455. The Labute approximate surface area is 67.4 Å². The maximum absolute atomic E-state index is 10.8. The second-order valence-electron chi connectivity index (χ2n) is 2.47. The van der Waals surface area contributed by atoms with Crippen molar-refractivity contribution in [3.63, 3.8) is 0 Å². The zero-order chi connectivity index (χ0) is 8.55. The van der Waals surface area contributed by atoms with Gasteiger partial charge in [-0.15, -0.1) is 0 Å². The SMILES string of the molecule is O=c1[nH]c2cccc(CO)c2o1. The third-order valence-electron chi connectivity index (χ3n) is 1.70. The fraction of sp³-hybridized carbons (Fsp3) is 0.125. The van der Waals surface area contributed by atoms with Gasteiger partial charge in [-0.2, -0.15) is 0 Å². The summed E-state index contributed by atoms with van der Waals surface area (Å²) in [6, 6.07) is 5.18. The number of H-pyrrole nitrogens is 1. The first-order valence-corrected chi connectivity index (χ1v) is 3.53. The van der Waals surface area contributed by atoms with Crippen LogP contribution in [-0.2, 0) is 6.61 Å². The van der Waals surface area contributed by atoms with Gasteiger partial charge >= 0.3 is 5.76 Å². The number of aliphatic hydroxyl groups excluding tert-OH is 1. The third-order valence-corrected chi connectivity index (χ3v) is 1.70. The normalized spacial score (nSPS) is 10.8. The molecule has 2 aromatic rings. The standard InChI is InChI=1S/C8H7NO3/c10-4-5-2-1-3-6-7(5)12-8(11)9-6/h1-3,10H,4H2,(H,9,11). The first-order chi connectivity index (χ1) is 5.81. The summed E-state index contributed by atoms with van der Waals surface area (Å²) in [7, 11) is 0. The molecule has 62 valence electrons. The molecule has 0 aliphatic heterocycles. The third kappa shape index (κ3) is 0.931. The Hall–Kier alpha value is -1.55. The summed E-state index contributed by atoms with van der Waals surface area (Å²) in [6.45, 7) is -0.127. The van der Waals surface area contributed by atoms with Gasteiger partial charge in [0.2, 0.25) is 0 Å². The maximum atomic E-state index is 10.8. The lowest BCUT2D eigenvalue weighted by Crippen LogP contribution is -1.92. The molecule has 4 nitrogen and oxygen atoms in total. The van der Waals surface area contributed by atoms with E-state index in [1.807, 2.05) is 0 Å². The fourth-order valence-corrected chi connectivity index (χ4v) is 1.16. The summed E-state index contributed by atoms with van der Waals surface area (Å²) in [5, 5.41) is 8.87. The number of hydrogen-bond acceptors (Lipinski definition) is 3. The van der Waals surface area contributed by atoms with Crippen LogP contribution in [0.5, 0.6) is 0 Å². The monoisotopic (exact) mass is 165 g/mol. The highest BCUT2D eigenvalue weighted by Crippen LogP contribution is 2.14. The van der Waals surface area contributed by atoms with Crippen LogP contribution in [0.3, 0.4) is 0 Å². The largest absolute Gasteiger partial charge is 0.417 e. The molecule has 12 heavy (non-hydrogen) atoms. The van der Waals surface area contributed by atoms with Gasteiger partial charge in [0.1, 0.15) is 0 Å². The molecular formula is C8H7NO3. The van der Waals surface area contributed by atoms with Gasteiger partial charge in [-0.3, -0.25) is 4.98 Å². The van der Waals surface area contributed by atoms with E-state index in [1.54, 1.807) is 18.2 Å². The molecule has 0 spiro atoms. The zero-order valence-corrected chi connectivity index (χ0v) is 6.20. The van der Waals surface area contributed by atoms with Crippen LogP contribution in [0.15, 0.2) is 27.4 Å². The molecule has 0 aliphatic carbocycles. The summed E-state index contributed by atoms with van der Waals surface area (Å²) in [5.74, 6) is -0.495. The number of fused-ring (bicyclic) bond motifs is 1. The molecule has 0 saturated heterocycles. The summed E-state index contributed by atoms with van der Waals surface area (Å²) < 4.78 is 4.82. The zero-order valence-electron chi connectivity index (χ0n) is 6.20. The summed E-state index contributed by atoms with van der Waals surface area (Å²) in [4.78, 5) is 13.3. The lowest BCUT2D eigenvalue weighted by Gasteiger charge is -1.93. The maximum Gasteiger partial charge on any atom is 0.417 e. The van der Waals surface area contributed by atoms with Crippen molar-refractivity contribution in [1.29, 1.82) is 0 Å². The Morgan fingerprint density at radius 3 is 3.08 bits per heavy atom. The minimum Gasteiger partial charge on any atom is -0.407 e. The van der Waals surface area contributed by atoms with Crippen molar-refractivity contribution in [2.45, 2.75) is 6.61 Å². The van der Waals surface area contributed by atoms with Crippen LogP contribution in [0.1, 0.15) is 5.56 Å². The van der Waals surface area contributed by atoms with Crippen molar-refractivity contribution in [2.75, 3.05) is 0 Å². The first kappa shape index (κ1) is 7.12. The highest BCUT2D eigenvalue weighted by atomic mass is 16.4. The fourth-order valence-electron chi connectivity index (χ4n) is 1.16. The van der Waals surface area contributed by atoms with Crippen molar-refractivity contribution in [1.82, 2.24) is 4.98 Å². The number of oxazole rings is 1. The van der Waals surface area contributed by atoms with E-state index >= 15 is 0 Å².